The van der Waals surface area contributed by atoms with Gasteiger partial charge in [-0.1, -0.05) is 0 Å². The Bertz CT molecular complexity index is 573. The summed E-state index contributed by atoms with van der Waals surface area (Å²) in [6.45, 7) is 0.647. The fraction of sp³-hybridized carbons (Fsp3) is 0.529. The first kappa shape index (κ1) is 18.7. The van der Waals surface area contributed by atoms with Crippen LogP contribution in [-0.4, -0.2) is 30.6 Å². The summed E-state index contributed by atoms with van der Waals surface area (Å²) < 4.78 is 5.35. The van der Waals surface area contributed by atoms with E-state index in [4.69, 9.17) is 10.5 Å². The number of halogens is 1. The minimum atomic E-state index is -0.346. The summed E-state index contributed by atoms with van der Waals surface area (Å²) in [5, 5.41) is 5.74. The monoisotopic (exact) mass is 353 g/mol. The predicted molar refractivity (Wildman–Crippen MR) is 95.2 cm³/mol. The van der Waals surface area contributed by atoms with Gasteiger partial charge in [0.15, 0.2) is 0 Å². The number of amides is 2. The zero-order chi connectivity index (χ0) is 16.2. The molecule has 3 unspecified atom stereocenters. The number of nitrogens with two attached hydrogens (primary N) is 1. The summed E-state index contributed by atoms with van der Waals surface area (Å²) in [6, 6.07) is 7.28. The van der Waals surface area contributed by atoms with Gasteiger partial charge in [0, 0.05) is 29.9 Å². The maximum absolute atomic E-state index is 12.1. The summed E-state index contributed by atoms with van der Waals surface area (Å²) in [7, 11) is 0. The molecular formula is C17H24ClN3O3. The molecule has 0 spiro atoms. The molecule has 4 N–H and O–H groups in total. The molecule has 2 fully saturated rings. The summed E-state index contributed by atoms with van der Waals surface area (Å²) in [5.74, 6) is -0.0859. The average molecular weight is 354 g/mol. The van der Waals surface area contributed by atoms with Gasteiger partial charge in [-0.15, -0.1) is 12.4 Å². The van der Waals surface area contributed by atoms with Crippen molar-refractivity contribution < 1.29 is 14.3 Å². The van der Waals surface area contributed by atoms with Crippen molar-refractivity contribution in [3.8, 4) is 0 Å². The highest BCUT2D eigenvalue weighted by Gasteiger charge is 2.27. The maximum atomic E-state index is 12.1. The van der Waals surface area contributed by atoms with Crippen molar-refractivity contribution in [1.82, 2.24) is 0 Å². The van der Waals surface area contributed by atoms with Gasteiger partial charge in [-0.2, -0.15) is 0 Å². The Balaban J connectivity index is 0.00000208. The van der Waals surface area contributed by atoms with Gasteiger partial charge in [0.05, 0.1) is 0 Å². The van der Waals surface area contributed by atoms with Crippen LogP contribution in [0, 0.1) is 5.92 Å². The Hall–Kier alpha value is -1.63. The number of rotatable bonds is 4. The maximum Gasteiger partial charge on any atom is 0.253 e. The van der Waals surface area contributed by atoms with Crippen molar-refractivity contribution in [3.63, 3.8) is 0 Å². The summed E-state index contributed by atoms with van der Waals surface area (Å²) in [6.07, 6.45) is 3.86. The van der Waals surface area contributed by atoms with E-state index in [1.807, 2.05) is 0 Å². The van der Waals surface area contributed by atoms with E-state index in [2.05, 4.69) is 10.6 Å². The van der Waals surface area contributed by atoms with Gasteiger partial charge in [-0.3, -0.25) is 9.59 Å². The molecule has 1 aliphatic carbocycles. The lowest BCUT2D eigenvalue weighted by atomic mass is 10.1. The smallest absolute Gasteiger partial charge is 0.253 e. The van der Waals surface area contributed by atoms with Crippen LogP contribution >= 0.6 is 12.4 Å². The lowest BCUT2D eigenvalue weighted by Crippen LogP contribution is -2.26. The third kappa shape index (κ3) is 4.69. The van der Waals surface area contributed by atoms with Crippen LogP contribution in [0.1, 0.15) is 32.1 Å². The molecule has 6 nitrogen and oxygen atoms in total. The molecule has 0 aromatic heterocycles. The first-order valence-electron chi connectivity index (χ1n) is 8.21. The van der Waals surface area contributed by atoms with E-state index in [0.29, 0.717) is 12.3 Å². The SMILES string of the molecule is Cl.NC1CCC(C(=O)Nc2ccc(NC(=O)C3CCCO3)cc2)C1. The van der Waals surface area contributed by atoms with Crippen molar-refractivity contribution in [2.75, 3.05) is 17.2 Å². The van der Waals surface area contributed by atoms with Crippen molar-refractivity contribution in [1.29, 1.82) is 0 Å². The van der Waals surface area contributed by atoms with E-state index in [0.717, 1.165) is 37.8 Å². The topological polar surface area (TPSA) is 93.5 Å². The van der Waals surface area contributed by atoms with E-state index in [9.17, 15) is 9.59 Å². The van der Waals surface area contributed by atoms with Crippen LogP contribution in [0.5, 0.6) is 0 Å². The zero-order valence-corrected chi connectivity index (χ0v) is 14.3. The third-order valence-corrected chi connectivity index (χ3v) is 4.49. The molecule has 1 saturated carbocycles. The molecule has 3 atom stereocenters. The van der Waals surface area contributed by atoms with Gasteiger partial charge in [0.25, 0.3) is 5.91 Å². The molecule has 1 aromatic rings. The van der Waals surface area contributed by atoms with Gasteiger partial charge in [-0.25, -0.2) is 0 Å². The van der Waals surface area contributed by atoms with Crippen molar-refractivity contribution in [2.45, 2.75) is 44.2 Å². The van der Waals surface area contributed by atoms with Crippen molar-refractivity contribution >= 4 is 35.6 Å². The minimum absolute atomic E-state index is 0. The van der Waals surface area contributed by atoms with Crippen LogP contribution < -0.4 is 16.4 Å². The molecule has 7 heteroatoms. The number of anilines is 2. The Morgan fingerprint density at radius 3 is 2.12 bits per heavy atom. The highest BCUT2D eigenvalue weighted by Crippen LogP contribution is 2.26. The molecule has 3 rings (SSSR count). The largest absolute Gasteiger partial charge is 0.368 e. The highest BCUT2D eigenvalue weighted by molar-refractivity contribution is 5.95. The Labute approximate surface area is 147 Å². The lowest BCUT2D eigenvalue weighted by Gasteiger charge is -2.13. The van der Waals surface area contributed by atoms with Gasteiger partial charge < -0.3 is 21.1 Å². The van der Waals surface area contributed by atoms with Crippen LogP contribution in [0.3, 0.4) is 0 Å². The van der Waals surface area contributed by atoms with Crippen LogP contribution in [0.15, 0.2) is 24.3 Å². The number of ether oxygens (including phenoxy) is 1. The second-order valence-electron chi connectivity index (χ2n) is 6.33. The molecule has 1 saturated heterocycles. The van der Waals surface area contributed by atoms with Gasteiger partial charge in [0.1, 0.15) is 6.10 Å². The number of nitrogens with one attached hydrogen (secondary N) is 2. The Kier molecular flexibility index (Phi) is 6.60. The molecule has 2 amide bonds. The molecule has 1 aliphatic heterocycles. The standard InChI is InChI=1S/C17H23N3O3.ClH/c18-12-4-3-11(10-12)16(21)19-13-5-7-14(8-6-13)20-17(22)15-2-1-9-23-15;/h5-8,11-12,15H,1-4,9-10,18H2,(H,19,21)(H,20,22);1H. The molecule has 2 aliphatic rings. The normalized spacial score (nSPS) is 25.8. The molecule has 0 bridgehead atoms. The zero-order valence-electron chi connectivity index (χ0n) is 13.5. The number of carbonyl (C=O) groups excluding carboxylic acids is 2. The van der Waals surface area contributed by atoms with E-state index >= 15 is 0 Å². The molecule has 24 heavy (non-hydrogen) atoms. The highest BCUT2D eigenvalue weighted by atomic mass is 35.5. The second kappa shape index (κ2) is 8.46. The number of hydrogen-bond acceptors (Lipinski definition) is 4. The first-order valence-corrected chi connectivity index (χ1v) is 8.21. The van der Waals surface area contributed by atoms with E-state index in [-0.39, 0.29) is 42.3 Å². The third-order valence-electron chi connectivity index (χ3n) is 4.49. The predicted octanol–water partition coefficient (Wildman–Crippen LogP) is 2.29. The first-order chi connectivity index (χ1) is 11.1. The van der Waals surface area contributed by atoms with Crippen LogP contribution in [0.25, 0.3) is 0 Å². The van der Waals surface area contributed by atoms with Gasteiger partial charge in [-0.05, 0) is 56.4 Å². The summed E-state index contributed by atoms with van der Waals surface area (Å²) in [4.78, 5) is 24.1. The quantitative estimate of drug-likeness (QED) is 0.774. The van der Waals surface area contributed by atoms with Crippen molar-refractivity contribution in [2.24, 2.45) is 11.7 Å². The summed E-state index contributed by atoms with van der Waals surface area (Å²) >= 11 is 0. The molecule has 0 radical (unpaired) electrons. The molecular weight excluding hydrogens is 330 g/mol. The fourth-order valence-corrected chi connectivity index (χ4v) is 3.14. The average Bonchev–Trinajstić information content (AvgIpc) is 3.20. The number of hydrogen-bond donors (Lipinski definition) is 3. The number of benzene rings is 1. The van der Waals surface area contributed by atoms with Crippen LogP contribution in [0.2, 0.25) is 0 Å². The summed E-state index contributed by atoms with van der Waals surface area (Å²) in [5.41, 5.74) is 7.27. The van der Waals surface area contributed by atoms with E-state index in [1.165, 1.54) is 0 Å². The van der Waals surface area contributed by atoms with Gasteiger partial charge in [0.2, 0.25) is 5.91 Å². The van der Waals surface area contributed by atoms with E-state index < -0.39 is 0 Å². The van der Waals surface area contributed by atoms with Gasteiger partial charge >= 0.3 is 0 Å². The Morgan fingerprint density at radius 2 is 1.62 bits per heavy atom. The molecule has 1 heterocycles. The molecule has 1 aromatic carbocycles. The lowest BCUT2D eigenvalue weighted by molar-refractivity contribution is -0.124. The molecule has 132 valence electrons. The van der Waals surface area contributed by atoms with Crippen LogP contribution in [0.4, 0.5) is 11.4 Å². The van der Waals surface area contributed by atoms with Crippen LogP contribution in [-0.2, 0) is 14.3 Å². The Morgan fingerprint density at radius 1 is 1.00 bits per heavy atom. The number of carbonyl (C=O) groups is 2. The van der Waals surface area contributed by atoms with E-state index in [1.54, 1.807) is 24.3 Å². The fourth-order valence-electron chi connectivity index (χ4n) is 3.14. The minimum Gasteiger partial charge on any atom is -0.368 e. The second-order valence-corrected chi connectivity index (χ2v) is 6.33. The van der Waals surface area contributed by atoms with Crippen molar-refractivity contribution in [3.05, 3.63) is 24.3 Å².